The van der Waals surface area contributed by atoms with E-state index in [-0.39, 0.29) is 6.42 Å². The van der Waals surface area contributed by atoms with Gasteiger partial charge in [-0.05, 0) is 19.4 Å². The molecule has 86 valence electrons. The molecule has 0 spiro atoms. The molecule has 0 aliphatic rings. The van der Waals surface area contributed by atoms with Crippen LogP contribution in [0.2, 0.25) is 0 Å². The molecule has 0 aromatic carbocycles. The normalized spacial score (nSPS) is 14.3. The van der Waals surface area contributed by atoms with E-state index in [4.69, 9.17) is 0 Å². The SMILES string of the molecule is Cc1cc(C(O)CCC(F)(F)F)n(C)n1. The summed E-state index contributed by atoms with van der Waals surface area (Å²) >= 11 is 0. The van der Waals surface area contributed by atoms with E-state index >= 15 is 0 Å². The first-order valence-corrected chi connectivity index (χ1v) is 4.55. The summed E-state index contributed by atoms with van der Waals surface area (Å²) in [6.07, 6.45) is -6.66. The lowest BCUT2D eigenvalue weighted by atomic mass is 10.1. The Morgan fingerprint density at radius 3 is 2.53 bits per heavy atom. The van der Waals surface area contributed by atoms with Gasteiger partial charge in [0.15, 0.2) is 0 Å². The minimum absolute atomic E-state index is 0.331. The molecule has 3 nitrogen and oxygen atoms in total. The monoisotopic (exact) mass is 222 g/mol. The van der Waals surface area contributed by atoms with Crippen LogP contribution in [0.25, 0.3) is 0 Å². The van der Waals surface area contributed by atoms with Crippen LogP contribution in [0, 0.1) is 6.92 Å². The molecular formula is C9H13F3N2O. The first-order valence-electron chi connectivity index (χ1n) is 4.55. The van der Waals surface area contributed by atoms with Crippen LogP contribution < -0.4 is 0 Å². The largest absolute Gasteiger partial charge is 0.389 e. The summed E-state index contributed by atoms with van der Waals surface area (Å²) in [7, 11) is 1.60. The average molecular weight is 222 g/mol. The van der Waals surface area contributed by atoms with Crippen LogP contribution >= 0.6 is 0 Å². The molecule has 6 heteroatoms. The summed E-state index contributed by atoms with van der Waals surface area (Å²) in [5.41, 5.74) is 1.09. The number of aliphatic hydroxyl groups is 1. The van der Waals surface area contributed by atoms with Gasteiger partial charge in [-0.25, -0.2) is 0 Å². The van der Waals surface area contributed by atoms with Crippen LogP contribution in [-0.2, 0) is 7.05 Å². The van der Waals surface area contributed by atoms with E-state index in [1.54, 1.807) is 20.0 Å². The van der Waals surface area contributed by atoms with Gasteiger partial charge in [-0.3, -0.25) is 4.68 Å². The Kier molecular flexibility index (Phi) is 3.38. The van der Waals surface area contributed by atoms with Gasteiger partial charge in [-0.15, -0.1) is 0 Å². The summed E-state index contributed by atoms with van der Waals surface area (Å²) in [6, 6.07) is 1.58. The van der Waals surface area contributed by atoms with Crippen molar-refractivity contribution in [2.45, 2.75) is 32.0 Å². The first kappa shape index (κ1) is 12.0. The molecule has 0 saturated carbocycles. The highest BCUT2D eigenvalue weighted by Gasteiger charge is 2.28. The molecule has 1 heterocycles. The zero-order valence-corrected chi connectivity index (χ0v) is 8.54. The number of hydrogen-bond donors (Lipinski definition) is 1. The van der Waals surface area contributed by atoms with Gasteiger partial charge in [0.1, 0.15) is 0 Å². The highest BCUT2D eigenvalue weighted by atomic mass is 19.4. The summed E-state index contributed by atoms with van der Waals surface area (Å²) in [4.78, 5) is 0. The third-order valence-electron chi connectivity index (χ3n) is 2.08. The zero-order valence-electron chi connectivity index (χ0n) is 8.54. The van der Waals surface area contributed by atoms with E-state index in [1.165, 1.54) is 4.68 Å². The third kappa shape index (κ3) is 3.54. The number of alkyl halides is 3. The van der Waals surface area contributed by atoms with Crippen LogP contribution in [0.5, 0.6) is 0 Å². The number of hydrogen-bond acceptors (Lipinski definition) is 2. The van der Waals surface area contributed by atoms with Crippen molar-refractivity contribution < 1.29 is 18.3 Å². The summed E-state index contributed by atoms with van der Waals surface area (Å²) in [5, 5.41) is 13.5. The van der Waals surface area contributed by atoms with Gasteiger partial charge >= 0.3 is 6.18 Å². The van der Waals surface area contributed by atoms with Gasteiger partial charge in [-0.2, -0.15) is 18.3 Å². The quantitative estimate of drug-likeness (QED) is 0.850. The maximum absolute atomic E-state index is 11.9. The fourth-order valence-electron chi connectivity index (χ4n) is 1.39. The summed E-state index contributed by atoms with van der Waals surface area (Å²) in [5.74, 6) is 0. The van der Waals surface area contributed by atoms with Gasteiger partial charge in [-0.1, -0.05) is 0 Å². The van der Waals surface area contributed by atoms with Gasteiger partial charge < -0.3 is 5.11 Å². The molecular weight excluding hydrogens is 209 g/mol. The van der Waals surface area contributed by atoms with Crippen molar-refractivity contribution in [2.75, 3.05) is 0 Å². The second kappa shape index (κ2) is 4.22. The molecule has 0 fully saturated rings. The Morgan fingerprint density at radius 2 is 2.13 bits per heavy atom. The van der Waals surface area contributed by atoms with Crippen molar-refractivity contribution in [1.82, 2.24) is 9.78 Å². The van der Waals surface area contributed by atoms with Gasteiger partial charge in [0.05, 0.1) is 17.5 Å². The Morgan fingerprint density at radius 1 is 1.53 bits per heavy atom. The average Bonchev–Trinajstić information content (AvgIpc) is 2.40. The fourth-order valence-corrected chi connectivity index (χ4v) is 1.39. The van der Waals surface area contributed by atoms with Crippen LogP contribution in [0.4, 0.5) is 13.2 Å². The smallest absolute Gasteiger partial charge is 0.387 e. The molecule has 0 bridgehead atoms. The molecule has 0 amide bonds. The Balaban J connectivity index is 2.61. The lowest BCUT2D eigenvalue weighted by Gasteiger charge is -2.12. The Hall–Kier alpha value is -1.04. The second-order valence-electron chi connectivity index (χ2n) is 3.50. The van der Waals surface area contributed by atoms with Crippen molar-refractivity contribution in [3.8, 4) is 0 Å². The van der Waals surface area contributed by atoms with Crippen molar-refractivity contribution >= 4 is 0 Å². The van der Waals surface area contributed by atoms with E-state index in [2.05, 4.69) is 5.10 Å². The third-order valence-corrected chi connectivity index (χ3v) is 2.08. The fraction of sp³-hybridized carbons (Fsp3) is 0.667. The van der Waals surface area contributed by atoms with Crippen LogP contribution in [0.15, 0.2) is 6.07 Å². The van der Waals surface area contributed by atoms with E-state index in [1.807, 2.05) is 0 Å². The van der Waals surface area contributed by atoms with Crippen molar-refractivity contribution in [2.24, 2.45) is 7.05 Å². The van der Waals surface area contributed by atoms with E-state index in [0.717, 1.165) is 0 Å². The van der Waals surface area contributed by atoms with Crippen LogP contribution in [0.3, 0.4) is 0 Å². The van der Waals surface area contributed by atoms with Gasteiger partial charge in [0.2, 0.25) is 0 Å². The van der Waals surface area contributed by atoms with E-state index in [0.29, 0.717) is 11.4 Å². The number of halogens is 3. The minimum atomic E-state index is -4.23. The Labute approximate surface area is 85.5 Å². The maximum Gasteiger partial charge on any atom is 0.389 e. The van der Waals surface area contributed by atoms with Crippen LogP contribution in [-0.4, -0.2) is 21.1 Å². The predicted octanol–water partition coefficient (Wildman–Crippen LogP) is 2.10. The number of rotatable bonds is 3. The molecule has 1 N–H and O–H groups in total. The maximum atomic E-state index is 11.9. The topological polar surface area (TPSA) is 38.0 Å². The van der Waals surface area contributed by atoms with Crippen molar-refractivity contribution in [1.29, 1.82) is 0 Å². The lowest BCUT2D eigenvalue weighted by molar-refractivity contribution is -0.140. The summed E-state index contributed by atoms with van der Waals surface area (Å²) < 4.78 is 37.1. The number of aromatic nitrogens is 2. The molecule has 1 aromatic rings. The highest BCUT2D eigenvalue weighted by molar-refractivity contribution is 5.11. The first-order chi connectivity index (χ1) is 6.79. The predicted molar refractivity (Wildman–Crippen MR) is 48.2 cm³/mol. The molecule has 1 rings (SSSR count). The van der Waals surface area contributed by atoms with Crippen LogP contribution in [0.1, 0.15) is 30.3 Å². The molecule has 0 saturated heterocycles. The molecule has 1 atom stereocenters. The highest BCUT2D eigenvalue weighted by Crippen LogP contribution is 2.27. The second-order valence-corrected chi connectivity index (χ2v) is 3.50. The lowest BCUT2D eigenvalue weighted by Crippen LogP contribution is -2.12. The molecule has 15 heavy (non-hydrogen) atoms. The Bertz CT molecular complexity index is 333. The van der Waals surface area contributed by atoms with E-state index in [9.17, 15) is 18.3 Å². The molecule has 0 radical (unpaired) electrons. The molecule has 1 unspecified atom stereocenters. The van der Waals surface area contributed by atoms with Crippen molar-refractivity contribution in [3.05, 3.63) is 17.5 Å². The molecule has 0 aliphatic carbocycles. The number of aliphatic hydroxyl groups excluding tert-OH is 1. The molecule has 1 aromatic heterocycles. The molecule has 0 aliphatic heterocycles. The zero-order chi connectivity index (χ0) is 11.6. The number of nitrogens with zero attached hydrogens (tertiary/aromatic N) is 2. The van der Waals surface area contributed by atoms with E-state index < -0.39 is 18.7 Å². The van der Waals surface area contributed by atoms with Crippen molar-refractivity contribution in [3.63, 3.8) is 0 Å². The summed E-state index contributed by atoms with van der Waals surface area (Å²) in [6.45, 7) is 1.72. The van der Waals surface area contributed by atoms with Gasteiger partial charge in [0, 0.05) is 13.5 Å². The minimum Gasteiger partial charge on any atom is -0.387 e. The van der Waals surface area contributed by atoms with Gasteiger partial charge in [0.25, 0.3) is 0 Å². The number of aryl methyl sites for hydroxylation is 2. The standard InChI is InChI=1S/C9H13F3N2O/c1-6-5-7(14(2)13-6)8(15)3-4-9(10,11)12/h5,8,15H,3-4H2,1-2H3.